The fraction of sp³-hybridized carbons (Fsp3) is 0.929. The van der Waals surface area contributed by atoms with Crippen LogP contribution >= 0.6 is 0 Å². The van der Waals surface area contributed by atoms with Crippen molar-refractivity contribution in [2.75, 3.05) is 6.54 Å². The SMILES string of the molecule is NCCCCC(CC(O)CC1CCCC1)C(=O)O. The van der Waals surface area contributed by atoms with E-state index in [0.717, 1.165) is 19.3 Å². The molecule has 1 aliphatic rings. The van der Waals surface area contributed by atoms with Gasteiger partial charge in [-0.3, -0.25) is 4.79 Å². The van der Waals surface area contributed by atoms with Gasteiger partial charge < -0.3 is 15.9 Å². The number of aliphatic hydroxyl groups excluding tert-OH is 1. The normalized spacial score (nSPS) is 19.9. The minimum Gasteiger partial charge on any atom is -0.481 e. The van der Waals surface area contributed by atoms with Gasteiger partial charge in [0.2, 0.25) is 0 Å². The van der Waals surface area contributed by atoms with Crippen molar-refractivity contribution < 1.29 is 15.0 Å². The number of aliphatic hydroxyl groups is 1. The van der Waals surface area contributed by atoms with Crippen molar-refractivity contribution in [3.05, 3.63) is 0 Å². The van der Waals surface area contributed by atoms with E-state index in [1.165, 1.54) is 25.7 Å². The quantitative estimate of drug-likeness (QED) is 0.553. The number of rotatable bonds is 9. The number of hydrogen-bond acceptors (Lipinski definition) is 3. The summed E-state index contributed by atoms with van der Waals surface area (Å²) < 4.78 is 0. The maximum atomic E-state index is 11.1. The van der Waals surface area contributed by atoms with Gasteiger partial charge in [-0.15, -0.1) is 0 Å². The van der Waals surface area contributed by atoms with Crippen molar-refractivity contribution in [2.45, 2.75) is 63.9 Å². The predicted octanol–water partition coefficient (Wildman–Crippen LogP) is 2.15. The Morgan fingerprint density at radius 2 is 1.94 bits per heavy atom. The highest BCUT2D eigenvalue weighted by molar-refractivity contribution is 5.69. The van der Waals surface area contributed by atoms with Crippen molar-refractivity contribution in [1.82, 2.24) is 0 Å². The van der Waals surface area contributed by atoms with E-state index in [1.54, 1.807) is 0 Å². The predicted molar refractivity (Wildman–Crippen MR) is 71.2 cm³/mol. The minimum absolute atomic E-state index is 0.399. The molecule has 1 fully saturated rings. The van der Waals surface area contributed by atoms with Gasteiger partial charge in [-0.2, -0.15) is 0 Å². The number of aliphatic carboxylic acids is 1. The molecule has 0 saturated heterocycles. The molecule has 0 spiro atoms. The first kappa shape index (κ1) is 15.4. The van der Waals surface area contributed by atoms with Crippen molar-refractivity contribution >= 4 is 5.97 Å². The monoisotopic (exact) mass is 257 g/mol. The average molecular weight is 257 g/mol. The average Bonchev–Trinajstić information content (AvgIpc) is 2.80. The first-order valence-corrected chi connectivity index (χ1v) is 7.24. The van der Waals surface area contributed by atoms with Crippen LogP contribution in [0.1, 0.15) is 57.8 Å². The molecule has 4 nitrogen and oxygen atoms in total. The molecule has 0 bridgehead atoms. The molecule has 0 radical (unpaired) electrons. The van der Waals surface area contributed by atoms with Crippen LogP contribution in [0.4, 0.5) is 0 Å². The molecular weight excluding hydrogens is 230 g/mol. The number of carboxylic acid groups (broad SMARTS) is 1. The molecule has 0 amide bonds. The van der Waals surface area contributed by atoms with E-state index >= 15 is 0 Å². The van der Waals surface area contributed by atoms with Crippen LogP contribution in [0.25, 0.3) is 0 Å². The second-order valence-electron chi connectivity index (χ2n) is 5.60. The highest BCUT2D eigenvalue weighted by Crippen LogP contribution is 2.30. The molecule has 18 heavy (non-hydrogen) atoms. The summed E-state index contributed by atoms with van der Waals surface area (Å²) in [4.78, 5) is 11.1. The van der Waals surface area contributed by atoms with Crippen molar-refractivity contribution in [3.63, 3.8) is 0 Å². The third-order valence-electron chi connectivity index (χ3n) is 3.99. The Kier molecular flexibility index (Phi) is 7.28. The van der Waals surface area contributed by atoms with Gasteiger partial charge in [0.15, 0.2) is 0 Å². The fourth-order valence-corrected chi connectivity index (χ4v) is 2.93. The molecule has 0 aliphatic heterocycles. The van der Waals surface area contributed by atoms with E-state index < -0.39 is 18.0 Å². The number of nitrogens with two attached hydrogens (primary N) is 1. The molecule has 2 atom stereocenters. The maximum Gasteiger partial charge on any atom is 0.306 e. The lowest BCUT2D eigenvalue weighted by Gasteiger charge is -2.19. The summed E-state index contributed by atoms with van der Waals surface area (Å²) in [6, 6.07) is 0. The lowest BCUT2D eigenvalue weighted by molar-refractivity contribution is -0.143. The van der Waals surface area contributed by atoms with Crippen molar-refractivity contribution in [2.24, 2.45) is 17.6 Å². The minimum atomic E-state index is -0.780. The van der Waals surface area contributed by atoms with Gasteiger partial charge in [-0.1, -0.05) is 32.1 Å². The van der Waals surface area contributed by atoms with Crippen LogP contribution in [0, 0.1) is 11.8 Å². The van der Waals surface area contributed by atoms with Gasteiger partial charge in [0.05, 0.1) is 12.0 Å². The van der Waals surface area contributed by atoms with Crippen LogP contribution in [0.2, 0.25) is 0 Å². The number of carboxylic acids is 1. The molecule has 0 aromatic carbocycles. The van der Waals surface area contributed by atoms with Gasteiger partial charge in [-0.05, 0) is 38.1 Å². The van der Waals surface area contributed by atoms with Crippen molar-refractivity contribution in [3.8, 4) is 0 Å². The van der Waals surface area contributed by atoms with Crippen molar-refractivity contribution in [1.29, 1.82) is 0 Å². The van der Waals surface area contributed by atoms with Gasteiger partial charge >= 0.3 is 5.97 Å². The summed E-state index contributed by atoms with van der Waals surface area (Å²) in [7, 11) is 0. The van der Waals surface area contributed by atoms with E-state index in [9.17, 15) is 9.90 Å². The third-order valence-corrected chi connectivity index (χ3v) is 3.99. The maximum absolute atomic E-state index is 11.1. The Morgan fingerprint density at radius 1 is 1.28 bits per heavy atom. The highest BCUT2D eigenvalue weighted by Gasteiger charge is 2.24. The first-order valence-electron chi connectivity index (χ1n) is 7.24. The second-order valence-corrected chi connectivity index (χ2v) is 5.60. The molecule has 106 valence electrons. The van der Waals surface area contributed by atoms with Crippen LogP contribution in [0.15, 0.2) is 0 Å². The number of carbonyl (C=O) groups is 1. The molecule has 1 aliphatic carbocycles. The summed E-state index contributed by atoms with van der Waals surface area (Å²) in [6.07, 6.45) is 7.97. The summed E-state index contributed by atoms with van der Waals surface area (Å²) in [5, 5.41) is 19.1. The summed E-state index contributed by atoms with van der Waals surface area (Å²) >= 11 is 0. The Morgan fingerprint density at radius 3 is 2.50 bits per heavy atom. The fourth-order valence-electron chi connectivity index (χ4n) is 2.93. The molecule has 2 unspecified atom stereocenters. The zero-order chi connectivity index (χ0) is 13.4. The van der Waals surface area contributed by atoms with Crippen LogP contribution in [-0.2, 0) is 4.79 Å². The molecule has 0 aromatic rings. The largest absolute Gasteiger partial charge is 0.481 e. The summed E-state index contributed by atoms with van der Waals surface area (Å²) in [5.74, 6) is -0.580. The first-order chi connectivity index (χ1) is 8.63. The summed E-state index contributed by atoms with van der Waals surface area (Å²) in [5.41, 5.74) is 5.40. The molecule has 4 heteroatoms. The Hall–Kier alpha value is -0.610. The van der Waals surface area contributed by atoms with E-state index in [4.69, 9.17) is 10.8 Å². The molecule has 1 rings (SSSR count). The van der Waals surface area contributed by atoms with Crippen LogP contribution < -0.4 is 5.73 Å². The van der Waals surface area contributed by atoms with Gasteiger partial charge in [0.25, 0.3) is 0 Å². The standard InChI is InChI=1S/C14H27NO3/c15-8-4-3-7-12(14(17)18)10-13(16)9-11-5-1-2-6-11/h11-13,16H,1-10,15H2,(H,17,18). The van der Waals surface area contributed by atoms with Gasteiger partial charge in [-0.25, -0.2) is 0 Å². The van der Waals surface area contributed by atoms with Crippen LogP contribution in [0.5, 0.6) is 0 Å². The zero-order valence-electron chi connectivity index (χ0n) is 11.2. The van der Waals surface area contributed by atoms with Crippen LogP contribution in [-0.4, -0.2) is 28.8 Å². The lowest BCUT2D eigenvalue weighted by Crippen LogP contribution is -2.22. The van der Waals surface area contributed by atoms with E-state index in [0.29, 0.717) is 25.3 Å². The third kappa shape index (κ3) is 5.83. The molecule has 0 heterocycles. The number of unbranched alkanes of at least 4 members (excludes halogenated alkanes) is 1. The topological polar surface area (TPSA) is 83.5 Å². The van der Waals surface area contributed by atoms with E-state index in [1.807, 2.05) is 0 Å². The Labute approximate surface area is 110 Å². The molecule has 1 saturated carbocycles. The van der Waals surface area contributed by atoms with Gasteiger partial charge in [0.1, 0.15) is 0 Å². The lowest BCUT2D eigenvalue weighted by atomic mass is 9.90. The smallest absolute Gasteiger partial charge is 0.306 e. The number of hydrogen-bond donors (Lipinski definition) is 3. The molecule has 4 N–H and O–H groups in total. The van der Waals surface area contributed by atoms with Crippen LogP contribution in [0.3, 0.4) is 0 Å². The second kappa shape index (κ2) is 8.48. The summed E-state index contributed by atoms with van der Waals surface area (Å²) in [6.45, 7) is 0.608. The highest BCUT2D eigenvalue weighted by atomic mass is 16.4. The zero-order valence-corrected chi connectivity index (χ0v) is 11.2. The van der Waals surface area contributed by atoms with E-state index in [2.05, 4.69) is 0 Å². The Bertz CT molecular complexity index is 239. The van der Waals surface area contributed by atoms with Gasteiger partial charge in [0, 0.05) is 0 Å². The van der Waals surface area contributed by atoms with E-state index in [-0.39, 0.29) is 0 Å². The molecular formula is C14H27NO3. The Balaban J connectivity index is 2.27. The molecule has 0 aromatic heterocycles.